The van der Waals surface area contributed by atoms with Gasteiger partial charge in [0.25, 0.3) is 0 Å². The number of methoxy groups -OCH3 is 1. The van der Waals surface area contributed by atoms with Gasteiger partial charge < -0.3 is 4.74 Å². The molecular formula is C15H11NO2S. The Bertz CT molecular complexity index is 612. The van der Waals surface area contributed by atoms with Crippen LogP contribution >= 0.6 is 11.8 Å². The third-order valence-electron chi connectivity index (χ3n) is 2.49. The van der Waals surface area contributed by atoms with Gasteiger partial charge in [-0.15, -0.1) is 0 Å². The van der Waals surface area contributed by atoms with Gasteiger partial charge in [-0.05, 0) is 48.5 Å². The minimum absolute atomic E-state index is 0.338. The van der Waals surface area contributed by atoms with E-state index in [2.05, 4.69) is 10.8 Å². The van der Waals surface area contributed by atoms with Crippen LogP contribution in [0.25, 0.3) is 0 Å². The summed E-state index contributed by atoms with van der Waals surface area (Å²) >= 11 is 1.57. The van der Waals surface area contributed by atoms with Crippen molar-refractivity contribution < 1.29 is 9.53 Å². The number of nitrogens with zero attached hydrogens (tertiary/aromatic N) is 1. The molecule has 0 aliphatic heterocycles. The van der Waals surface area contributed by atoms with Gasteiger partial charge in [0.05, 0.1) is 24.3 Å². The highest BCUT2D eigenvalue weighted by molar-refractivity contribution is 7.99. The molecule has 0 N–H and O–H groups in total. The fraction of sp³-hybridized carbons (Fsp3) is 0.0667. The van der Waals surface area contributed by atoms with E-state index in [9.17, 15) is 4.79 Å². The number of nitriles is 1. The molecule has 0 saturated carbocycles. The van der Waals surface area contributed by atoms with Crippen LogP contribution in [-0.2, 0) is 4.74 Å². The number of hydrogen-bond donors (Lipinski definition) is 0. The second kappa shape index (κ2) is 6.07. The minimum atomic E-state index is -0.338. The molecule has 0 spiro atoms. The quantitative estimate of drug-likeness (QED) is 0.800. The monoisotopic (exact) mass is 269 g/mol. The largest absolute Gasteiger partial charge is 0.465 e. The maximum atomic E-state index is 11.3. The van der Waals surface area contributed by atoms with Gasteiger partial charge in [-0.2, -0.15) is 5.26 Å². The number of rotatable bonds is 3. The van der Waals surface area contributed by atoms with E-state index in [1.165, 1.54) is 7.11 Å². The van der Waals surface area contributed by atoms with Crippen LogP contribution in [0.15, 0.2) is 58.3 Å². The van der Waals surface area contributed by atoms with Crippen molar-refractivity contribution in [2.45, 2.75) is 9.79 Å². The van der Waals surface area contributed by atoms with Gasteiger partial charge >= 0.3 is 5.97 Å². The fourth-order valence-electron chi connectivity index (χ4n) is 1.51. The number of benzene rings is 2. The molecule has 0 radical (unpaired) electrons. The van der Waals surface area contributed by atoms with Crippen molar-refractivity contribution in [1.29, 1.82) is 5.26 Å². The average molecular weight is 269 g/mol. The summed E-state index contributed by atoms with van der Waals surface area (Å²) in [5.41, 5.74) is 1.18. The maximum absolute atomic E-state index is 11.3. The van der Waals surface area contributed by atoms with Crippen LogP contribution in [0.2, 0.25) is 0 Å². The first-order valence-electron chi connectivity index (χ1n) is 5.59. The summed E-state index contributed by atoms with van der Waals surface area (Å²) in [5.74, 6) is -0.338. The fourth-order valence-corrected chi connectivity index (χ4v) is 2.33. The number of esters is 1. The topological polar surface area (TPSA) is 50.1 Å². The summed E-state index contributed by atoms with van der Waals surface area (Å²) in [6, 6.07) is 16.7. The Kier molecular flexibility index (Phi) is 4.22. The lowest BCUT2D eigenvalue weighted by Crippen LogP contribution is -2.00. The molecule has 0 saturated heterocycles. The van der Waals surface area contributed by atoms with Gasteiger partial charge in [-0.1, -0.05) is 11.8 Å². The molecule has 4 heteroatoms. The minimum Gasteiger partial charge on any atom is -0.465 e. The zero-order chi connectivity index (χ0) is 13.7. The molecule has 0 bridgehead atoms. The molecule has 3 nitrogen and oxygen atoms in total. The molecule has 0 atom stereocenters. The molecule has 2 rings (SSSR count). The highest BCUT2D eigenvalue weighted by atomic mass is 32.2. The Hall–Kier alpha value is -2.25. The van der Waals surface area contributed by atoms with Gasteiger partial charge in [-0.3, -0.25) is 0 Å². The van der Waals surface area contributed by atoms with Crippen molar-refractivity contribution in [2.75, 3.05) is 7.11 Å². The number of hydrogen-bond acceptors (Lipinski definition) is 4. The molecule has 94 valence electrons. The van der Waals surface area contributed by atoms with Crippen molar-refractivity contribution in [3.63, 3.8) is 0 Å². The Morgan fingerprint density at radius 1 is 1.05 bits per heavy atom. The van der Waals surface area contributed by atoms with Crippen LogP contribution in [0.5, 0.6) is 0 Å². The van der Waals surface area contributed by atoms with E-state index in [0.717, 1.165) is 9.79 Å². The SMILES string of the molecule is COC(=O)c1ccc(Sc2ccc(C#N)cc2)cc1. The number of carbonyl (C=O) groups is 1. The van der Waals surface area contributed by atoms with E-state index >= 15 is 0 Å². The van der Waals surface area contributed by atoms with Crippen LogP contribution in [0.1, 0.15) is 15.9 Å². The second-order valence-electron chi connectivity index (χ2n) is 3.75. The Morgan fingerprint density at radius 2 is 1.58 bits per heavy atom. The van der Waals surface area contributed by atoms with Crippen molar-refractivity contribution in [1.82, 2.24) is 0 Å². The third kappa shape index (κ3) is 3.36. The van der Waals surface area contributed by atoms with Crippen molar-refractivity contribution in [3.05, 3.63) is 59.7 Å². The lowest BCUT2D eigenvalue weighted by molar-refractivity contribution is 0.0600. The van der Waals surface area contributed by atoms with Gasteiger partial charge in [0.2, 0.25) is 0 Å². The van der Waals surface area contributed by atoms with Gasteiger partial charge in [0, 0.05) is 9.79 Å². The first-order chi connectivity index (χ1) is 9.22. The summed E-state index contributed by atoms with van der Waals surface area (Å²) < 4.78 is 4.64. The van der Waals surface area contributed by atoms with E-state index in [1.807, 2.05) is 24.3 Å². The molecule has 0 aromatic heterocycles. The normalized spacial score (nSPS) is 9.68. The predicted molar refractivity (Wildman–Crippen MR) is 73.1 cm³/mol. The Labute approximate surface area is 115 Å². The van der Waals surface area contributed by atoms with Crippen molar-refractivity contribution in [2.24, 2.45) is 0 Å². The Balaban J connectivity index is 2.10. The van der Waals surface area contributed by atoms with Gasteiger partial charge in [-0.25, -0.2) is 4.79 Å². The van der Waals surface area contributed by atoms with Crippen LogP contribution in [0.4, 0.5) is 0 Å². The zero-order valence-corrected chi connectivity index (χ0v) is 11.1. The molecular weight excluding hydrogens is 258 g/mol. The van der Waals surface area contributed by atoms with E-state index < -0.39 is 0 Å². The van der Waals surface area contributed by atoms with Crippen molar-refractivity contribution >= 4 is 17.7 Å². The first-order valence-corrected chi connectivity index (χ1v) is 6.41. The van der Waals surface area contributed by atoms with Crippen LogP contribution in [-0.4, -0.2) is 13.1 Å². The lowest BCUT2D eigenvalue weighted by Gasteiger charge is -2.03. The maximum Gasteiger partial charge on any atom is 0.337 e. The van der Waals surface area contributed by atoms with Crippen molar-refractivity contribution in [3.8, 4) is 6.07 Å². The standard InChI is InChI=1S/C15H11NO2S/c1-18-15(17)12-4-8-14(9-5-12)19-13-6-2-11(10-16)3-7-13/h2-9H,1H3. The predicted octanol–water partition coefficient (Wildman–Crippen LogP) is 3.50. The molecule has 0 fully saturated rings. The molecule has 19 heavy (non-hydrogen) atoms. The van der Waals surface area contributed by atoms with Crippen LogP contribution in [0.3, 0.4) is 0 Å². The number of ether oxygens (including phenoxy) is 1. The molecule has 0 aliphatic rings. The smallest absolute Gasteiger partial charge is 0.337 e. The average Bonchev–Trinajstić information content (AvgIpc) is 2.48. The molecule has 0 unspecified atom stereocenters. The van der Waals surface area contributed by atoms with Crippen LogP contribution in [0, 0.1) is 11.3 Å². The van der Waals surface area contributed by atoms with Gasteiger partial charge in [0.1, 0.15) is 0 Å². The highest BCUT2D eigenvalue weighted by Crippen LogP contribution is 2.27. The van der Waals surface area contributed by atoms with Gasteiger partial charge in [0.15, 0.2) is 0 Å². The molecule has 0 amide bonds. The van der Waals surface area contributed by atoms with E-state index in [0.29, 0.717) is 11.1 Å². The summed E-state index contributed by atoms with van der Waals surface area (Å²) in [7, 11) is 1.36. The summed E-state index contributed by atoms with van der Waals surface area (Å²) in [5, 5.41) is 8.72. The molecule has 0 aliphatic carbocycles. The van der Waals surface area contributed by atoms with Crippen LogP contribution < -0.4 is 0 Å². The third-order valence-corrected chi connectivity index (χ3v) is 3.51. The summed E-state index contributed by atoms with van der Waals surface area (Å²) in [6.45, 7) is 0. The molecule has 2 aromatic carbocycles. The number of carbonyl (C=O) groups excluding carboxylic acids is 1. The summed E-state index contributed by atoms with van der Waals surface area (Å²) in [6.07, 6.45) is 0. The molecule has 2 aromatic rings. The summed E-state index contributed by atoms with van der Waals surface area (Å²) in [4.78, 5) is 13.4. The second-order valence-corrected chi connectivity index (χ2v) is 4.90. The lowest BCUT2D eigenvalue weighted by atomic mass is 10.2. The molecule has 0 heterocycles. The zero-order valence-electron chi connectivity index (χ0n) is 10.3. The van der Waals surface area contributed by atoms with E-state index in [1.54, 1.807) is 36.0 Å². The first kappa shape index (κ1) is 13.2. The highest BCUT2D eigenvalue weighted by Gasteiger charge is 2.05. The van der Waals surface area contributed by atoms with E-state index in [-0.39, 0.29) is 5.97 Å². The van der Waals surface area contributed by atoms with E-state index in [4.69, 9.17) is 5.26 Å². The Morgan fingerprint density at radius 3 is 2.05 bits per heavy atom.